The second-order valence-electron chi connectivity index (χ2n) is 6.34. The second-order valence-corrected chi connectivity index (χ2v) is 7.62. The summed E-state index contributed by atoms with van der Waals surface area (Å²) in [6, 6.07) is 9.40. The molecule has 0 spiro atoms. The van der Waals surface area contributed by atoms with Gasteiger partial charge in [-0.2, -0.15) is 0 Å². The predicted octanol–water partition coefficient (Wildman–Crippen LogP) is 4.64. The van der Waals surface area contributed by atoms with E-state index in [0.29, 0.717) is 16.7 Å². The van der Waals surface area contributed by atoms with Crippen molar-refractivity contribution >= 4 is 11.8 Å². The van der Waals surface area contributed by atoms with Crippen molar-refractivity contribution in [2.45, 2.75) is 63.1 Å². The van der Waals surface area contributed by atoms with Crippen LogP contribution < -0.4 is 5.32 Å². The van der Waals surface area contributed by atoms with Gasteiger partial charge in [0.2, 0.25) is 0 Å². The van der Waals surface area contributed by atoms with Gasteiger partial charge in [-0.15, -0.1) is 11.8 Å². The van der Waals surface area contributed by atoms with Crippen LogP contribution in [0.4, 0.5) is 0 Å². The summed E-state index contributed by atoms with van der Waals surface area (Å²) in [4.78, 5) is 1.45. The van der Waals surface area contributed by atoms with E-state index in [0.717, 1.165) is 6.54 Å². The monoisotopic (exact) mass is 277 g/mol. The van der Waals surface area contributed by atoms with Crippen LogP contribution in [-0.2, 0) is 0 Å². The van der Waals surface area contributed by atoms with Crippen molar-refractivity contribution in [1.29, 1.82) is 0 Å². The molecule has 0 radical (unpaired) electrons. The number of hydrogen-bond acceptors (Lipinski definition) is 2. The molecule has 0 aromatic heterocycles. The third kappa shape index (κ3) is 3.55. The highest BCUT2D eigenvalue weighted by Gasteiger charge is 2.38. The van der Waals surface area contributed by atoms with Gasteiger partial charge in [0.15, 0.2) is 0 Å². The summed E-state index contributed by atoms with van der Waals surface area (Å²) in [5.41, 5.74) is 1.82. The number of thioether (sulfide) groups is 1. The predicted molar refractivity (Wildman–Crippen MR) is 85.9 cm³/mol. The van der Waals surface area contributed by atoms with Crippen molar-refractivity contribution < 1.29 is 0 Å². The summed E-state index contributed by atoms with van der Waals surface area (Å²) < 4.78 is 0. The van der Waals surface area contributed by atoms with Crippen molar-refractivity contribution in [3.8, 4) is 0 Å². The Morgan fingerprint density at radius 1 is 1.32 bits per heavy atom. The quantitative estimate of drug-likeness (QED) is 0.860. The van der Waals surface area contributed by atoms with Gasteiger partial charge in [0.05, 0.1) is 0 Å². The van der Waals surface area contributed by atoms with Gasteiger partial charge in [-0.05, 0) is 43.4 Å². The molecular weight excluding hydrogens is 250 g/mol. The van der Waals surface area contributed by atoms with E-state index < -0.39 is 0 Å². The molecule has 106 valence electrons. The Morgan fingerprint density at radius 2 is 2.05 bits per heavy atom. The average molecular weight is 277 g/mol. The van der Waals surface area contributed by atoms with Gasteiger partial charge >= 0.3 is 0 Å². The van der Waals surface area contributed by atoms with E-state index >= 15 is 0 Å². The molecule has 1 fully saturated rings. The molecule has 1 aromatic rings. The van der Waals surface area contributed by atoms with E-state index in [-0.39, 0.29) is 0 Å². The van der Waals surface area contributed by atoms with Crippen LogP contribution in [0.15, 0.2) is 29.2 Å². The van der Waals surface area contributed by atoms with E-state index in [9.17, 15) is 0 Å². The molecule has 1 N–H and O–H groups in total. The first kappa shape index (κ1) is 14.9. The topological polar surface area (TPSA) is 12.0 Å². The van der Waals surface area contributed by atoms with Crippen LogP contribution in [0.3, 0.4) is 0 Å². The summed E-state index contributed by atoms with van der Waals surface area (Å²) in [6.45, 7) is 10.4. The first-order valence-corrected chi connectivity index (χ1v) is 8.38. The maximum atomic E-state index is 3.74. The molecule has 1 nitrogen and oxygen atoms in total. The molecule has 1 aliphatic rings. The largest absolute Gasteiger partial charge is 0.313 e. The number of hydrogen-bond donors (Lipinski definition) is 1. The maximum absolute atomic E-state index is 3.74. The van der Waals surface area contributed by atoms with Crippen molar-refractivity contribution in [1.82, 2.24) is 5.32 Å². The Kier molecular flexibility index (Phi) is 4.97. The Labute approximate surface area is 122 Å². The Hall–Kier alpha value is -0.470. The van der Waals surface area contributed by atoms with Crippen molar-refractivity contribution in [3.63, 3.8) is 0 Å². The van der Waals surface area contributed by atoms with Crippen LogP contribution in [0.5, 0.6) is 0 Å². The summed E-state index contributed by atoms with van der Waals surface area (Å²) in [7, 11) is 0. The van der Waals surface area contributed by atoms with E-state index in [1.165, 1.54) is 29.7 Å². The van der Waals surface area contributed by atoms with Crippen molar-refractivity contribution in [3.05, 3.63) is 29.8 Å². The normalized spacial score (nSPS) is 26.3. The Balaban J connectivity index is 2.15. The summed E-state index contributed by atoms with van der Waals surface area (Å²) in [6.07, 6.45) is 4.04. The molecule has 2 atom stereocenters. The van der Waals surface area contributed by atoms with Gasteiger partial charge in [-0.1, -0.05) is 45.4 Å². The third-order valence-electron chi connectivity index (χ3n) is 4.32. The molecule has 2 rings (SSSR count). The Morgan fingerprint density at radius 3 is 2.74 bits per heavy atom. The van der Waals surface area contributed by atoms with Gasteiger partial charge in [-0.3, -0.25) is 0 Å². The molecule has 1 saturated carbocycles. The molecule has 1 aromatic carbocycles. The second kappa shape index (κ2) is 6.32. The van der Waals surface area contributed by atoms with E-state index in [1.54, 1.807) is 0 Å². The van der Waals surface area contributed by atoms with Gasteiger partial charge in [0.25, 0.3) is 0 Å². The molecule has 1 aliphatic carbocycles. The van der Waals surface area contributed by atoms with Crippen LogP contribution in [0.25, 0.3) is 0 Å². The van der Waals surface area contributed by atoms with E-state index in [2.05, 4.69) is 69.0 Å². The fourth-order valence-electron chi connectivity index (χ4n) is 3.19. The molecular formula is C17H27NS. The SMILES string of the molecule is CCNC1C(Sc2ccccc2C)CCCC1(C)C. The highest BCUT2D eigenvalue weighted by atomic mass is 32.2. The fraction of sp³-hybridized carbons (Fsp3) is 0.647. The summed E-state index contributed by atoms with van der Waals surface area (Å²) in [5, 5.41) is 4.44. The van der Waals surface area contributed by atoms with Crippen molar-refractivity contribution in [2.75, 3.05) is 6.54 Å². The van der Waals surface area contributed by atoms with E-state index in [4.69, 9.17) is 0 Å². The lowest BCUT2D eigenvalue weighted by Crippen LogP contribution is -2.51. The van der Waals surface area contributed by atoms with Gasteiger partial charge < -0.3 is 5.32 Å². The minimum absolute atomic E-state index is 0.411. The summed E-state index contributed by atoms with van der Waals surface area (Å²) >= 11 is 2.08. The molecule has 2 heteroatoms. The lowest BCUT2D eigenvalue weighted by molar-refractivity contribution is 0.176. The smallest absolute Gasteiger partial charge is 0.0253 e. The van der Waals surface area contributed by atoms with Crippen LogP contribution >= 0.6 is 11.8 Å². The Bertz CT molecular complexity index is 413. The number of aryl methyl sites for hydroxylation is 1. The average Bonchev–Trinajstić information content (AvgIpc) is 2.36. The minimum atomic E-state index is 0.411. The first-order chi connectivity index (χ1) is 9.04. The van der Waals surface area contributed by atoms with Crippen LogP contribution in [0, 0.1) is 12.3 Å². The molecule has 0 saturated heterocycles. The fourth-order valence-corrected chi connectivity index (χ4v) is 4.81. The molecule has 0 heterocycles. The lowest BCUT2D eigenvalue weighted by atomic mass is 9.73. The van der Waals surface area contributed by atoms with Crippen LogP contribution in [-0.4, -0.2) is 17.8 Å². The molecule has 19 heavy (non-hydrogen) atoms. The lowest BCUT2D eigenvalue weighted by Gasteiger charge is -2.44. The molecule has 0 amide bonds. The maximum Gasteiger partial charge on any atom is 0.0253 e. The molecule has 2 unspecified atom stereocenters. The number of rotatable bonds is 4. The highest BCUT2D eigenvalue weighted by molar-refractivity contribution is 8.00. The van der Waals surface area contributed by atoms with Crippen LogP contribution in [0.1, 0.15) is 45.6 Å². The highest BCUT2D eigenvalue weighted by Crippen LogP contribution is 2.43. The van der Waals surface area contributed by atoms with Crippen molar-refractivity contribution in [2.24, 2.45) is 5.41 Å². The zero-order valence-electron chi connectivity index (χ0n) is 12.7. The zero-order valence-corrected chi connectivity index (χ0v) is 13.5. The first-order valence-electron chi connectivity index (χ1n) is 7.50. The summed E-state index contributed by atoms with van der Waals surface area (Å²) in [5.74, 6) is 0. The zero-order chi connectivity index (χ0) is 13.9. The van der Waals surface area contributed by atoms with Gasteiger partial charge in [-0.25, -0.2) is 0 Å². The van der Waals surface area contributed by atoms with E-state index in [1.807, 2.05) is 0 Å². The van der Waals surface area contributed by atoms with Crippen LogP contribution in [0.2, 0.25) is 0 Å². The molecule has 0 aliphatic heterocycles. The number of nitrogens with one attached hydrogen (secondary N) is 1. The third-order valence-corrected chi connectivity index (χ3v) is 5.84. The molecule has 0 bridgehead atoms. The standard InChI is InChI=1S/C17H27NS/c1-5-18-16-15(11-8-12-17(16,3)4)19-14-10-7-6-9-13(14)2/h6-7,9-10,15-16,18H,5,8,11-12H2,1-4H3. The number of benzene rings is 1. The minimum Gasteiger partial charge on any atom is -0.313 e. The van der Waals surface area contributed by atoms with Gasteiger partial charge in [0, 0.05) is 16.2 Å². The van der Waals surface area contributed by atoms with Gasteiger partial charge in [0.1, 0.15) is 0 Å².